The second-order valence-electron chi connectivity index (χ2n) is 5.69. The van der Waals surface area contributed by atoms with E-state index in [1.54, 1.807) is 6.08 Å². The number of nitrogens with two attached hydrogens (primary N) is 2. The number of nitrogens with one attached hydrogen (secondary N) is 1. The highest BCUT2D eigenvalue weighted by molar-refractivity contribution is 4.83. The fraction of sp³-hybridized carbons (Fsp3) is 0.882. The van der Waals surface area contributed by atoms with Crippen LogP contribution in [0.3, 0.4) is 0 Å². The third-order valence-electron chi connectivity index (χ3n) is 3.55. The molecule has 0 aromatic carbocycles. The maximum Gasteiger partial charge on any atom is 0.0704 e. The molecular formula is C17H37N3O5. The Hall–Kier alpha value is -0.580. The molecule has 0 fully saturated rings. The van der Waals surface area contributed by atoms with Crippen molar-refractivity contribution in [1.29, 1.82) is 0 Å². The van der Waals surface area contributed by atoms with Crippen molar-refractivity contribution in [3.05, 3.63) is 12.7 Å². The molecule has 0 saturated carbocycles. The Labute approximate surface area is 152 Å². The Morgan fingerprint density at radius 1 is 0.800 bits per heavy atom. The Morgan fingerprint density at radius 3 is 1.64 bits per heavy atom. The first-order valence-electron chi connectivity index (χ1n) is 8.79. The first kappa shape index (κ1) is 24.4. The van der Waals surface area contributed by atoms with Crippen LogP contribution in [0.25, 0.3) is 0 Å². The second kappa shape index (κ2) is 18.2. The Bertz CT molecular complexity index is 291. The molecule has 0 radical (unpaired) electrons. The highest BCUT2D eigenvalue weighted by Crippen LogP contribution is 2.12. The van der Waals surface area contributed by atoms with Gasteiger partial charge in [0.05, 0.1) is 66.1 Å². The largest absolute Gasteiger partial charge is 0.378 e. The molecule has 25 heavy (non-hydrogen) atoms. The number of rotatable bonds is 20. The van der Waals surface area contributed by atoms with Gasteiger partial charge in [0.1, 0.15) is 0 Å². The smallest absolute Gasteiger partial charge is 0.0704 e. The molecular weight excluding hydrogens is 326 g/mol. The van der Waals surface area contributed by atoms with E-state index in [0.29, 0.717) is 79.2 Å². The third-order valence-corrected chi connectivity index (χ3v) is 3.55. The molecule has 0 aromatic heterocycles. The predicted octanol–water partition coefficient (Wildman–Crippen LogP) is -0.621. The van der Waals surface area contributed by atoms with Crippen molar-refractivity contribution in [1.82, 2.24) is 5.32 Å². The molecule has 5 N–H and O–H groups in total. The quantitative estimate of drug-likeness (QED) is 0.194. The van der Waals surface area contributed by atoms with Crippen LogP contribution >= 0.6 is 0 Å². The lowest BCUT2D eigenvalue weighted by molar-refractivity contribution is -0.0187. The molecule has 0 unspecified atom stereocenters. The van der Waals surface area contributed by atoms with Crippen LogP contribution in [0.4, 0.5) is 0 Å². The monoisotopic (exact) mass is 363 g/mol. The van der Waals surface area contributed by atoms with Crippen molar-refractivity contribution >= 4 is 0 Å². The van der Waals surface area contributed by atoms with Crippen LogP contribution < -0.4 is 16.8 Å². The highest BCUT2D eigenvalue weighted by atomic mass is 16.6. The topological polar surface area (TPSA) is 110 Å². The van der Waals surface area contributed by atoms with Gasteiger partial charge in [-0.05, 0) is 7.05 Å². The zero-order chi connectivity index (χ0) is 18.6. The molecule has 8 nitrogen and oxygen atoms in total. The van der Waals surface area contributed by atoms with Crippen LogP contribution in [-0.4, -0.2) is 92.8 Å². The minimum Gasteiger partial charge on any atom is -0.378 e. The summed E-state index contributed by atoms with van der Waals surface area (Å²) in [5.41, 5.74) is 11.4. The maximum atomic E-state index is 5.80. The standard InChI is InChI=1S/C17H37N3O5/c1-3-4-21-5-6-22-7-8-23-9-10-24-11-12-25-16-17(13-18,14-19)15-20-2/h3,20H,1,4-16,18-19H2,2H3. The lowest BCUT2D eigenvalue weighted by atomic mass is 9.89. The van der Waals surface area contributed by atoms with E-state index in [1.165, 1.54) is 0 Å². The molecule has 0 saturated heterocycles. The summed E-state index contributed by atoms with van der Waals surface area (Å²) in [6, 6.07) is 0. The molecule has 0 heterocycles. The molecule has 0 amide bonds. The van der Waals surface area contributed by atoms with E-state index in [2.05, 4.69) is 11.9 Å². The fourth-order valence-electron chi connectivity index (χ4n) is 2.00. The van der Waals surface area contributed by atoms with Gasteiger partial charge < -0.3 is 40.5 Å². The second-order valence-corrected chi connectivity index (χ2v) is 5.69. The molecule has 0 spiro atoms. The normalized spacial score (nSPS) is 11.8. The summed E-state index contributed by atoms with van der Waals surface area (Å²) in [4.78, 5) is 0. The van der Waals surface area contributed by atoms with Gasteiger partial charge in [-0.3, -0.25) is 0 Å². The van der Waals surface area contributed by atoms with Gasteiger partial charge in [0.15, 0.2) is 0 Å². The Balaban J connectivity index is 3.32. The van der Waals surface area contributed by atoms with E-state index in [4.69, 9.17) is 35.2 Å². The predicted molar refractivity (Wildman–Crippen MR) is 98.8 cm³/mol. The van der Waals surface area contributed by atoms with Gasteiger partial charge in [-0.2, -0.15) is 0 Å². The van der Waals surface area contributed by atoms with Gasteiger partial charge in [-0.1, -0.05) is 6.08 Å². The lowest BCUT2D eigenvalue weighted by Crippen LogP contribution is -2.48. The van der Waals surface area contributed by atoms with Gasteiger partial charge >= 0.3 is 0 Å². The molecule has 0 rings (SSSR count). The zero-order valence-corrected chi connectivity index (χ0v) is 15.7. The maximum absolute atomic E-state index is 5.80. The van der Waals surface area contributed by atoms with E-state index in [1.807, 2.05) is 7.05 Å². The lowest BCUT2D eigenvalue weighted by Gasteiger charge is -2.30. The van der Waals surface area contributed by atoms with Crippen LogP contribution in [-0.2, 0) is 23.7 Å². The number of hydrogen-bond donors (Lipinski definition) is 3. The highest BCUT2D eigenvalue weighted by Gasteiger charge is 2.26. The molecule has 0 aliphatic rings. The van der Waals surface area contributed by atoms with Gasteiger partial charge in [-0.25, -0.2) is 0 Å². The summed E-state index contributed by atoms with van der Waals surface area (Å²) in [5.74, 6) is 0. The minimum absolute atomic E-state index is 0.214. The molecule has 0 atom stereocenters. The molecule has 8 heteroatoms. The first-order chi connectivity index (χ1) is 12.2. The summed E-state index contributed by atoms with van der Waals surface area (Å²) >= 11 is 0. The van der Waals surface area contributed by atoms with Crippen molar-refractivity contribution < 1.29 is 23.7 Å². The van der Waals surface area contributed by atoms with Crippen LogP contribution in [0.2, 0.25) is 0 Å². The zero-order valence-electron chi connectivity index (χ0n) is 15.7. The van der Waals surface area contributed by atoms with Gasteiger partial charge in [-0.15, -0.1) is 6.58 Å². The van der Waals surface area contributed by atoms with Crippen molar-refractivity contribution in [2.24, 2.45) is 16.9 Å². The average molecular weight is 363 g/mol. The van der Waals surface area contributed by atoms with Gasteiger partial charge in [0.2, 0.25) is 0 Å². The number of hydrogen-bond acceptors (Lipinski definition) is 8. The van der Waals surface area contributed by atoms with Crippen LogP contribution in [0.15, 0.2) is 12.7 Å². The third kappa shape index (κ3) is 14.3. The molecule has 0 bridgehead atoms. The van der Waals surface area contributed by atoms with Crippen LogP contribution in [0.1, 0.15) is 0 Å². The van der Waals surface area contributed by atoms with Crippen LogP contribution in [0.5, 0.6) is 0 Å². The number of ether oxygens (including phenoxy) is 5. The summed E-state index contributed by atoms with van der Waals surface area (Å²) in [7, 11) is 1.88. The van der Waals surface area contributed by atoms with Crippen molar-refractivity contribution in [2.45, 2.75) is 0 Å². The van der Waals surface area contributed by atoms with E-state index >= 15 is 0 Å². The average Bonchev–Trinajstić information content (AvgIpc) is 2.64. The molecule has 0 aliphatic carbocycles. The summed E-state index contributed by atoms with van der Waals surface area (Å²) < 4.78 is 27.0. The molecule has 150 valence electrons. The Morgan fingerprint density at radius 2 is 1.24 bits per heavy atom. The van der Waals surface area contributed by atoms with Gasteiger partial charge in [0, 0.05) is 25.0 Å². The Kier molecular flexibility index (Phi) is 17.8. The van der Waals surface area contributed by atoms with Crippen molar-refractivity contribution in [3.63, 3.8) is 0 Å². The van der Waals surface area contributed by atoms with Crippen molar-refractivity contribution in [2.75, 3.05) is 92.8 Å². The van der Waals surface area contributed by atoms with Gasteiger partial charge in [0.25, 0.3) is 0 Å². The summed E-state index contributed by atoms with van der Waals surface area (Å²) in [6.45, 7) is 10.7. The SMILES string of the molecule is C=CCOCCOCCOCCOCCOCC(CN)(CN)CNC. The summed E-state index contributed by atoms with van der Waals surface area (Å²) in [6.07, 6.45) is 1.71. The molecule has 0 aliphatic heterocycles. The van der Waals surface area contributed by atoms with E-state index < -0.39 is 0 Å². The summed E-state index contributed by atoms with van der Waals surface area (Å²) in [5, 5.41) is 3.10. The van der Waals surface area contributed by atoms with E-state index in [-0.39, 0.29) is 5.41 Å². The fourth-order valence-corrected chi connectivity index (χ4v) is 2.00. The van der Waals surface area contributed by atoms with E-state index in [9.17, 15) is 0 Å². The van der Waals surface area contributed by atoms with E-state index in [0.717, 1.165) is 6.54 Å². The first-order valence-corrected chi connectivity index (χ1v) is 8.79. The molecule has 0 aromatic rings. The van der Waals surface area contributed by atoms with Crippen LogP contribution in [0, 0.1) is 5.41 Å². The van der Waals surface area contributed by atoms with Crippen molar-refractivity contribution in [3.8, 4) is 0 Å². The minimum atomic E-state index is -0.214.